The van der Waals surface area contributed by atoms with Crippen molar-refractivity contribution in [2.45, 2.75) is 31.7 Å². The highest BCUT2D eigenvalue weighted by molar-refractivity contribution is 5.97. The van der Waals surface area contributed by atoms with Gasteiger partial charge in [0.1, 0.15) is 11.6 Å². The van der Waals surface area contributed by atoms with Gasteiger partial charge in [-0.15, -0.1) is 0 Å². The molecule has 1 saturated heterocycles. The zero-order chi connectivity index (χ0) is 23.6. The monoisotopic (exact) mass is 446 g/mol. The molecule has 3 aromatic rings. The fourth-order valence-corrected chi connectivity index (χ4v) is 4.13. The van der Waals surface area contributed by atoms with Crippen LogP contribution in [0.1, 0.15) is 40.7 Å². The molecule has 2 aliphatic rings. The number of benzene rings is 2. The number of aryl methyl sites for hydroxylation is 1. The van der Waals surface area contributed by atoms with E-state index in [-0.39, 0.29) is 11.4 Å². The molecule has 174 valence electrons. The number of likely N-dealkylation sites (tertiary alicyclic amines) is 1. The van der Waals surface area contributed by atoms with Gasteiger partial charge in [-0.2, -0.15) is 0 Å². The number of rotatable bonds is 5. The van der Waals surface area contributed by atoms with Crippen LogP contribution in [0.2, 0.25) is 0 Å². The zero-order valence-electron chi connectivity index (χ0n) is 20.3. The van der Waals surface area contributed by atoms with Crippen LogP contribution in [0.4, 0.5) is 5.82 Å². The Morgan fingerprint density at radius 2 is 1.85 bits per heavy atom. The minimum Gasteiger partial charge on any atom is -0.497 e. The van der Waals surface area contributed by atoms with Crippen LogP contribution in [0.5, 0.6) is 5.75 Å². The highest BCUT2D eigenvalue weighted by atomic mass is 16.5. The number of carbonyl (C=O) groups excluding carboxylic acids is 1. The van der Waals surface area contributed by atoms with Crippen molar-refractivity contribution >= 4 is 22.6 Å². The minimum atomic E-state index is -0.326. The first-order valence-corrected chi connectivity index (χ1v) is 11.6. The van der Waals surface area contributed by atoms with Gasteiger partial charge < -0.3 is 19.9 Å². The Morgan fingerprint density at radius 1 is 1.12 bits per heavy atom. The summed E-state index contributed by atoms with van der Waals surface area (Å²) >= 11 is 0. The molecule has 33 heavy (non-hydrogen) atoms. The number of hydrogen-bond acceptors (Lipinski definition) is 5. The maximum absolute atomic E-state index is 13.1. The fourth-order valence-electron chi connectivity index (χ4n) is 4.13. The largest absolute Gasteiger partial charge is 0.497 e. The Labute approximate surface area is 196 Å². The molecular formula is C27H34N4O2. The summed E-state index contributed by atoms with van der Waals surface area (Å²) in [6.45, 7) is 4.58. The summed E-state index contributed by atoms with van der Waals surface area (Å²) in [7, 11) is 7.72. The zero-order valence-corrected chi connectivity index (χ0v) is 20.3. The van der Waals surface area contributed by atoms with Gasteiger partial charge in [0.05, 0.1) is 18.2 Å². The fraction of sp³-hybridized carbons (Fsp3) is 0.407. The van der Waals surface area contributed by atoms with Crippen molar-refractivity contribution in [1.29, 1.82) is 0 Å². The average Bonchev–Trinajstić information content (AvgIpc) is 3.57. The number of pyridine rings is 1. The van der Waals surface area contributed by atoms with Crippen molar-refractivity contribution in [3.8, 4) is 5.75 Å². The summed E-state index contributed by atoms with van der Waals surface area (Å²) < 4.78 is 5.29. The highest BCUT2D eigenvalue weighted by Gasteiger charge is 2.46. The number of hydrogen-bond donors (Lipinski definition) is 1. The second-order valence-electron chi connectivity index (χ2n) is 9.31. The third-order valence-corrected chi connectivity index (χ3v) is 6.56. The van der Waals surface area contributed by atoms with Gasteiger partial charge in [0, 0.05) is 25.0 Å². The van der Waals surface area contributed by atoms with E-state index in [0.29, 0.717) is 11.3 Å². The Kier molecular flexibility index (Phi) is 6.56. The van der Waals surface area contributed by atoms with Crippen molar-refractivity contribution in [3.63, 3.8) is 0 Å². The molecule has 2 fully saturated rings. The topological polar surface area (TPSA) is 57.7 Å². The van der Waals surface area contributed by atoms with Gasteiger partial charge in [0.2, 0.25) is 0 Å². The lowest BCUT2D eigenvalue weighted by atomic mass is 9.98. The molecule has 1 aliphatic carbocycles. The lowest BCUT2D eigenvalue weighted by Gasteiger charge is -2.24. The molecule has 1 aliphatic heterocycles. The van der Waals surface area contributed by atoms with E-state index in [1.54, 1.807) is 13.2 Å². The standard InChI is InChI=1S/C23H25N3O2.C4H9N/c1-15-8-9-16(28-4)14-18(15)22(27)25-23(12-13-23)19-6-5-7-20-17(19)10-11-21(24-20)26(2)3;1-5-3-2-4-5/h5-11,14H,12-13H2,1-4H3,(H,25,27);2-4H2,1H3. The van der Waals surface area contributed by atoms with E-state index in [4.69, 9.17) is 9.72 Å². The SMILES string of the molecule is CN1CCC1.COc1ccc(C)c(C(=O)NC2(c3cccc4nc(N(C)C)ccc34)CC2)c1. The van der Waals surface area contributed by atoms with Gasteiger partial charge in [-0.05, 0) is 87.8 Å². The molecule has 1 N–H and O–H groups in total. The van der Waals surface area contributed by atoms with Crippen LogP contribution in [0.25, 0.3) is 10.9 Å². The van der Waals surface area contributed by atoms with E-state index in [9.17, 15) is 4.79 Å². The summed E-state index contributed by atoms with van der Waals surface area (Å²) in [5, 5.41) is 4.38. The molecule has 1 saturated carbocycles. The van der Waals surface area contributed by atoms with Crippen molar-refractivity contribution in [2.24, 2.45) is 0 Å². The number of methoxy groups -OCH3 is 1. The second-order valence-corrected chi connectivity index (χ2v) is 9.31. The van der Waals surface area contributed by atoms with Gasteiger partial charge in [0.15, 0.2) is 0 Å². The quantitative estimate of drug-likeness (QED) is 0.631. The molecule has 0 radical (unpaired) electrons. The summed E-state index contributed by atoms with van der Waals surface area (Å²) in [4.78, 5) is 22.1. The summed E-state index contributed by atoms with van der Waals surface area (Å²) in [5.41, 5.74) is 3.34. The maximum Gasteiger partial charge on any atom is 0.252 e. The number of aromatic nitrogens is 1. The molecule has 0 atom stereocenters. The molecule has 1 aromatic heterocycles. The van der Waals surface area contributed by atoms with Crippen molar-refractivity contribution < 1.29 is 9.53 Å². The van der Waals surface area contributed by atoms with E-state index >= 15 is 0 Å². The molecule has 0 spiro atoms. The van der Waals surface area contributed by atoms with E-state index < -0.39 is 0 Å². The molecule has 6 nitrogen and oxygen atoms in total. The van der Waals surface area contributed by atoms with Crippen LogP contribution >= 0.6 is 0 Å². The first-order valence-electron chi connectivity index (χ1n) is 11.6. The van der Waals surface area contributed by atoms with Crippen LogP contribution in [-0.2, 0) is 5.54 Å². The third-order valence-electron chi connectivity index (χ3n) is 6.56. The first-order chi connectivity index (χ1) is 15.8. The van der Waals surface area contributed by atoms with Crippen LogP contribution in [0.3, 0.4) is 0 Å². The molecule has 2 heterocycles. The van der Waals surface area contributed by atoms with E-state index in [2.05, 4.69) is 29.4 Å². The van der Waals surface area contributed by atoms with Gasteiger partial charge in [0.25, 0.3) is 5.91 Å². The van der Waals surface area contributed by atoms with E-state index in [1.807, 2.05) is 56.3 Å². The highest BCUT2D eigenvalue weighted by Crippen LogP contribution is 2.48. The Balaban J connectivity index is 0.000000459. The molecule has 0 bridgehead atoms. The van der Waals surface area contributed by atoms with Crippen molar-refractivity contribution in [3.05, 3.63) is 65.2 Å². The van der Waals surface area contributed by atoms with E-state index in [1.165, 1.54) is 19.5 Å². The van der Waals surface area contributed by atoms with Crippen LogP contribution in [0.15, 0.2) is 48.5 Å². The summed E-state index contributed by atoms with van der Waals surface area (Å²) in [6.07, 6.45) is 3.27. The number of anilines is 1. The number of carbonyl (C=O) groups is 1. The van der Waals surface area contributed by atoms with Gasteiger partial charge in [-0.3, -0.25) is 4.79 Å². The van der Waals surface area contributed by atoms with Gasteiger partial charge in [-0.25, -0.2) is 4.98 Å². The minimum absolute atomic E-state index is 0.0660. The van der Waals surface area contributed by atoms with Crippen molar-refractivity contribution in [1.82, 2.24) is 15.2 Å². The first kappa shape index (κ1) is 23.1. The molecule has 2 aromatic carbocycles. The average molecular weight is 447 g/mol. The molecular weight excluding hydrogens is 412 g/mol. The summed E-state index contributed by atoms with van der Waals surface area (Å²) in [5.74, 6) is 1.54. The van der Waals surface area contributed by atoms with Gasteiger partial charge >= 0.3 is 0 Å². The predicted molar refractivity (Wildman–Crippen MR) is 134 cm³/mol. The molecule has 6 heteroatoms. The summed E-state index contributed by atoms with van der Waals surface area (Å²) in [6, 6.07) is 15.9. The maximum atomic E-state index is 13.1. The van der Waals surface area contributed by atoms with Gasteiger partial charge in [-0.1, -0.05) is 18.2 Å². The lowest BCUT2D eigenvalue weighted by molar-refractivity contribution is 0.0930. The number of ether oxygens (including phenoxy) is 1. The Morgan fingerprint density at radius 3 is 2.42 bits per heavy atom. The van der Waals surface area contributed by atoms with Crippen LogP contribution in [-0.4, -0.2) is 57.1 Å². The predicted octanol–water partition coefficient (Wildman–Crippen LogP) is 4.36. The molecule has 1 amide bonds. The van der Waals surface area contributed by atoms with Crippen LogP contribution in [0, 0.1) is 6.92 Å². The van der Waals surface area contributed by atoms with E-state index in [0.717, 1.165) is 40.7 Å². The smallest absolute Gasteiger partial charge is 0.252 e. The molecule has 5 rings (SSSR count). The molecule has 0 unspecified atom stereocenters. The lowest BCUT2D eigenvalue weighted by Crippen LogP contribution is -2.35. The number of nitrogens with zero attached hydrogens (tertiary/aromatic N) is 3. The third kappa shape index (κ3) is 4.96. The van der Waals surface area contributed by atoms with Crippen molar-refractivity contribution in [2.75, 3.05) is 46.2 Å². The number of fused-ring (bicyclic) bond motifs is 1. The number of amides is 1. The van der Waals surface area contributed by atoms with Crippen LogP contribution < -0.4 is 15.0 Å². The number of nitrogens with one attached hydrogen (secondary N) is 1. The normalized spacial score (nSPS) is 16.3. The Bertz CT molecular complexity index is 1150. The Hall–Kier alpha value is -3.12. The second kappa shape index (κ2) is 9.40.